The summed E-state index contributed by atoms with van der Waals surface area (Å²) in [6.07, 6.45) is 0. The fourth-order valence-electron chi connectivity index (χ4n) is 0.947. The third-order valence-electron chi connectivity index (χ3n) is 1.34. The van der Waals surface area contributed by atoms with Gasteiger partial charge < -0.3 is 4.90 Å². The van der Waals surface area contributed by atoms with Gasteiger partial charge in [-0.15, -0.1) is 0 Å². The molecule has 0 spiro atoms. The van der Waals surface area contributed by atoms with Gasteiger partial charge in [0, 0.05) is 13.6 Å². The van der Waals surface area contributed by atoms with Crippen LogP contribution in [0.4, 0.5) is 4.39 Å². The molecule has 0 aliphatic rings. The van der Waals surface area contributed by atoms with Crippen LogP contribution in [0.2, 0.25) is 0 Å². The molecule has 1 nitrogen and oxygen atoms in total. The van der Waals surface area contributed by atoms with Gasteiger partial charge in [-0.2, -0.15) is 0 Å². The van der Waals surface area contributed by atoms with Crippen molar-refractivity contribution in [3.05, 3.63) is 42.7 Å². The lowest BCUT2D eigenvalue weighted by atomic mass is 10.2. The Morgan fingerprint density at radius 1 is 1.55 bits per heavy atom. The van der Waals surface area contributed by atoms with Gasteiger partial charge in [0.2, 0.25) is 0 Å². The van der Waals surface area contributed by atoms with Gasteiger partial charge in [-0.1, -0.05) is 12.1 Å². The van der Waals surface area contributed by atoms with Gasteiger partial charge in [0.05, 0.1) is 0 Å². The highest BCUT2D eigenvalue weighted by atomic mass is 19.1. The molecule has 0 unspecified atom stereocenters. The minimum atomic E-state index is -0.190. The van der Waals surface area contributed by atoms with Gasteiger partial charge in [-0.3, -0.25) is 0 Å². The van der Waals surface area contributed by atoms with Crippen molar-refractivity contribution in [2.24, 2.45) is 0 Å². The SMILES string of the molecule is [CH2]N(C)Cc1cccc(F)c1. The summed E-state index contributed by atoms with van der Waals surface area (Å²) in [5.41, 5.74) is 0.947. The highest BCUT2D eigenvalue weighted by Crippen LogP contribution is 2.04. The average Bonchev–Trinajstić information content (AvgIpc) is 1.85. The zero-order chi connectivity index (χ0) is 8.27. The Labute approximate surface area is 66.5 Å². The van der Waals surface area contributed by atoms with E-state index >= 15 is 0 Å². The van der Waals surface area contributed by atoms with E-state index in [1.807, 2.05) is 13.1 Å². The minimum absolute atomic E-state index is 0.190. The Hall–Kier alpha value is -0.890. The lowest BCUT2D eigenvalue weighted by Crippen LogP contribution is -2.07. The van der Waals surface area contributed by atoms with Crippen LogP contribution < -0.4 is 0 Å². The summed E-state index contributed by atoms with van der Waals surface area (Å²) in [7, 11) is 5.53. The van der Waals surface area contributed by atoms with Crippen LogP contribution in [0, 0.1) is 12.9 Å². The first-order valence-electron chi connectivity index (χ1n) is 3.44. The maximum absolute atomic E-state index is 12.6. The summed E-state index contributed by atoms with van der Waals surface area (Å²) in [4.78, 5) is 1.76. The van der Waals surface area contributed by atoms with Gasteiger partial charge in [0.15, 0.2) is 0 Å². The van der Waals surface area contributed by atoms with E-state index in [9.17, 15) is 4.39 Å². The van der Waals surface area contributed by atoms with Crippen molar-refractivity contribution in [3.8, 4) is 0 Å². The van der Waals surface area contributed by atoms with E-state index in [1.54, 1.807) is 11.0 Å². The first-order valence-corrected chi connectivity index (χ1v) is 3.44. The van der Waals surface area contributed by atoms with E-state index in [1.165, 1.54) is 12.1 Å². The van der Waals surface area contributed by atoms with Crippen molar-refractivity contribution in [3.63, 3.8) is 0 Å². The summed E-state index contributed by atoms with van der Waals surface area (Å²) in [5.74, 6) is -0.190. The largest absolute Gasteiger partial charge is 0.301 e. The van der Waals surface area contributed by atoms with Crippen LogP contribution in [0.15, 0.2) is 24.3 Å². The summed E-state index contributed by atoms with van der Waals surface area (Å²) < 4.78 is 12.6. The molecular weight excluding hydrogens is 141 g/mol. The zero-order valence-corrected chi connectivity index (χ0v) is 6.55. The molecule has 59 valence electrons. The van der Waals surface area contributed by atoms with E-state index in [0.717, 1.165) is 5.56 Å². The Balaban J connectivity index is 2.71. The maximum Gasteiger partial charge on any atom is 0.123 e. The molecule has 11 heavy (non-hydrogen) atoms. The van der Waals surface area contributed by atoms with Crippen LogP contribution >= 0.6 is 0 Å². The van der Waals surface area contributed by atoms with Gasteiger partial charge in [0.1, 0.15) is 5.82 Å². The summed E-state index contributed by atoms with van der Waals surface area (Å²) >= 11 is 0. The Morgan fingerprint density at radius 2 is 2.27 bits per heavy atom. The summed E-state index contributed by atoms with van der Waals surface area (Å²) in [6, 6.07) is 6.53. The van der Waals surface area contributed by atoms with Crippen molar-refractivity contribution in [1.29, 1.82) is 0 Å². The standard InChI is InChI=1S/C9H11FN/c1-11(2)7-8-4-3-5-9(10)6-8/h3-6H,1,7H2,2H3. The fourth-order valence-corrected chi connectivity index (χ4v) is 0.947. The monoisotopic (exact) mass is 152 g/mol. The molecule has 0 aliphatic heterocycles. The molecule has 0 fully saturated rings. The number of rotatable bonds is 2. The maximum atomic E-state index is 12.6. The molecule has 0 heterocycles. The van der Waals surface area contributed by atoms with Crippen molar-refractivity contribution >= 4 is 0 Å². The summed E-state index contributed by atoms with van der Waals surface area (Å²) in [5, 5.41) is 0. The zero-order valence-electron chi connectivity index (χ0n) is 6.55. The minimum Gasteiger partial charge on any atom is -0.301 e. The van der Waals surface area contributed by atoms with Crippen LogP contribution in [-0.4, -0.2) is 11.9 Å². The lowest BCUT2D eigenvalue weighted by Gasteiger charge is -2.08. The number of hydrogen-bond donors (Lipinski definition) is 0. The molecule has 0 amide bonds. The van der Waals surface area contributed by atoms with Crippen LogP contribution in [0.25, 0.3) is 0 Å². The van der Waals surface area contributed by atoms with Gasteiger partial charge >= 0.3 is 0 Å². The normalized spacial score (nSPS) is 10.5. The number of nitrogens with zero attached hydrogens (tertiary/aromatic N) is 1. The van der Waals surface area contributed by atoms with Gasteiger partial charge in [0.25, 0.3) is 0 Å². The topological polar surface area (TPSA) is 3.24 Å². The van der Waals surface area contributed by atoms with Gasteiger partial charge in [-0.25, -0.2) is 4.39 Å². The first kappa shape index (κ1) is 8.21. The Kier molecular flexibility index (Phi) is 2.60. The van der Waals surface area contributed by atoms with E-state index in [-0.39, 0.29) is 5.82 Å². The van der Waals surface area contributed by atoms with Crippen molar-refractivity contribution in [2.45, 2.75) is 6.54 Å². The molecule has 2 heteroatoms. The quantitative estimate of drug-likeness (QED) is 0.627. The molecule has 0 saturated heterocycles. The van der Waals surface area contributed by atoms with E-state index in [2.05, 4.69) is 7.05 Å². The van der Waals surface area contributed by atoms with Gasteiger partial charge in [-0.05, 0) is 24.7 Å². The molecule has 1 rings (SSSR count). The predicted octanol–water partition coefficient (Wildman–Crippen LogP) is 2.05. The lowest BCUT2D eigenvalue weighted by molar-refractivity contribution is 0.443. The third-order valence-corrected chi connectivity index (χ3v) is 1.34. The Morgan fingerprint density at radius 3 is 2.82 bits per heavy atom. The number of benzene rings is 1. The summed E-state index contributed by atoms with van der Waals surface area (Å²) in [6.45, 7) is 0.678. The molecular formula is C9H11FN. The molecule has 1 aromatic carbocycles. The second-order valence-electron chi connectivity index (χ2n) is 2.64. The van der Waals surface area contributed by atoms with Crippen molar-refractivity contribution in [2.75, 3.05) is 7.05 Å². The van der Waals surface area contributed by atoms with Crippen molar-refractivity contribution < 1.29 is 4.39 Å². The highest BCUT2D eigenvalue weighted by molar-refractivity contribution is 5.15. The number of halogens is 1. The molecule has 1 aromatic rings. The highest BCUT2D eigenvalue weighted by Gasteiger charge is 1.95. The molecule has 0 N–H and O–H groups in total. The van der Waals surface area contributed by atoms with Crippen LogP contribution in [0.1, 0.15) is 5.56 Å². The second-order valence-corrected chi connectivity index (χ2v) is 2.64. The molecule has 0 bridgehead atoms. The molecule has 1 radical (unpaired) electrons. The van der Waals surface area contributed by atoms with E-state index in [0.29, 0.717) is 6.54 Å². The average molecular weight is 152 g/mol. The van der Waals surface area contributed by atoms with Crippen LogP contribution in [0.3, 0.4) is 0 Å². The van der Waals surface area contributed by atoms with E-state index < -0.39 is 0 Å². The fraction of sp³-hybridized carbons (Fsp3) is 0.222. The predicted molar refractivity (Wildman–Crippen MR) is 43.2 cm³/mol. The third kappa shape index (κ3) is 2.68. The molecule has 0 saturated carbocycles. The van der Waals surface area contributed by atoms with Crippen LogP contribution in [-0.2, 0) is 6.54 Å². The second kappa shape index (κ2) is 3.49. The smallest absolute Gasteiger partial charge is 0.123 e. The Bertz CT molecular complexity index is 233. The number of hydrogen-bond acceptors (Lipinski definition) is 1. The van der Waals surface area contributed by atoms with Crippen LogP contribution in [0.5, 0.6) is 0 Å². The van der Waals surface area contributed by atoms with Crippen molar-refractivity contribution in [1.82, 2.24) is 4.90 Å². The molecule has 0 aromatic heterocycles. The van der Waals surface area contributed by atoms with E-state index in [4.69, 9.17) is 0 Å². The molecule has 0 aliphatic carbocycles. The molecule has 0 atom stereocenters. The first-order chi connectivity index (χ1) is 5.18.